The molecule has 0 unspecified atom stereocenters. The monoisotopic (exact) mass is 346 g/mol. The Hall–Kier alpha value is -2.94. The van der Waals surface area contributed by atoms with Crippen LogP contribution in [0.25, 0.3) is 5.65 Å². The highest BCUT2D eigenvalue weighted by Gasteiger charge is 2.30. The predicted molar refractivity (Wildman–Crippen MR) is 86.1 cm³/mol. The van der Waals surface area contributed by atoms with E-state index in [2.05, 4.69) is 15.4 Å². The molecule has 3 aromatic rings. The Morgan fingerprint density at radius 2 is 1.92 bits per heavy atom. The first kappa shape index (κ1) is 15.9. The van der Waals surface area contributed by atoms with Crippen molar-refractivity contribution >= 4 is 27.3 Å². The van der Waals surface area contributed by atoms with Crippen LogP contribution in [-0.4, -0.2) is 41.1 Å². The molecule has 0 spiro atoms. The van der Waals surface area contributed by atoms with Gasteiger partial charge in [-0.05, 0) is 25.1 Å². The zero-order chi connectivity index (χ0) is 17.5. The molecule has 0 saturated heterocycles. The minimum absolute atomic E-state index is 0.0272. The van der Waals surface area contributed by atoms with Crippen molar-refractivity contribution in [2.24, 2.45) is 0 Å². The molecule has 0 amide bonds. The molecule has 2 N–H and O–H groups in total. The van der Waals surface area contributed by atoms with Crippen molar-refractivity contribution in [2.45, 2.75) is 16.7 Å². The van der Waals surface area contributed by atoms with Crippen molar-refractivity contribution in [3.8, 4) is 0 Å². The second-order valence-electron chi connectivity index (χ2n) is 5.07. The van der Waals surface area contributed by atoms with Gasteiger partial charge in [0.2, 0.25) is 9.84 Å². The van der Waals surface area contributed by atoms with E-state index in [1.54, 1.807) is 25.1 Å². The van der Waals surface area contributed by atoms with Gasteiger partial charge in [0, 0.05) is 12.7 Å². The van der Waals surface area contributed by atoms with Crippen LogP contribution in [-0.2, 0) is 9.84 Å². The zero-order valence-corrected chi connectivity index (χ0v) is 13.7. The topological polar surface area (TPSA) is 114 Å². The number of rotatable bonds is 4. The summed E-state index contributed by atoms with van der Waals surface area (Å²) in [6.45, 7) is 1.59. The predicted octanol–water partition coefficient (Wildman–Crippen LogP) is 1.61. The van der Waals surface area contributed by atoms with Crippen molar-refractivity contribution in [1.29, 1.82) is 0 Å². The van der Waals surface area contributed by atoms with Crippen LogP contribution in [0.1, 0.15) is 16.2 Å². The van der Waals surface area contributed by atoms with Crippen molar-refractivity contribution in [1.82, 2.24) is 14.6 Å². The highest BCUT2D eigenvalue weighted by Crippen LogP contribution is 2.31. The Balaban J connectivity index is 2.42. The lowest BCUT2D eigenvalue weighted by molar-refractivity contribution is 0.0687. The number of fused-ring (bicyclic) bond motifs is 1. The van der Waals surface area contributed by atoms with Gasteiger partial charge in [0.1, 0.15) is 0 Å². The maximum absolute atomic E-state index is 13.0. The fraction of sp³-hybridized carbons (Fsp3) is 0.133. The lowest BCUT2D eigenvalue weighted by atomic mass is 10.3. The summed E-state index contributed by atoms with van der Waals surface area (Å²) < 4.78 is 27.0. The van der Waals surface area contributed by atoms with E-state index in [1.165, 1.54) is 25.2 Å². The molecule has 124 valence electrons. The fourth-order valence-electron chi connectivity index (χ4n) is 2.40. The molecule has 0 atom stereocenters. The first-order valence-electron chi connectivity index (χ1n) is 6.98. The molecule has 9 heteroatoms. The average Bonchev–Trinajstić information content (AvgIpc) is 2.93. The van der Waals surface area contributed by atoms with E-state index in [1.807, 2.05) is 0 Å². The third kappa shape index (κ3) is 2.38. The molecule has 0 bridgehead atoms. The Bertz CT molecular complexity index is 1040. The summed E-state index contributed by atoms with van der Waals surface area (Å²) in [6.07, 6.45) is 0. The highest BCUT2D eigenvalue weighted by atomic mass is 32.2. The van der Waals surface area contributed by atoms with Crippen LogP contribution in [0.4, 0.5) is 5.82 Å². The van der Waals surface area contributed by atoms with Crippen molar-refractivity contribution in [2.75, 3.05) is 12.4 Å². The molecule has 1 aromatic carbocycles. The molecule has 0 aliphatic rings. The molecule has 2 heterocycles. The molecule has 0 saturated carbocycles. The largest absolute Gasteiger partial charge is 0.477 e. The van der Waals surface area contributed by atoms with Crippen LogP contribution < -0.4 is 5.32 Å². The molecule has 0 aliphatic carbocycles. The summed E-state index contributed by atoms with van der Waals surface area (Å²) >= 11 is 0. The smallest absolute Gasteiger partial charge is 0.354 e. The first-order valence-corrected chi connectivity index (χ1v) is 8.46. The number of nitrogens with one attached hydrogen (secondary N) is 1. The summed E-state index contributed by atoms with van der Waals surface area (Å²) in [5.74, 6) is -1.18. The first-order chi connectivity index (χ1) is 11.4. The van der Waals surface area contributed by atoms with Gasteiger partial charge in [-0.15, -0.1) is 5.10 Å². The molecule has 0 fully saturated rings. The van der Waals surface area contributed by atoms with Crippen molar-refractivity contribution < 1.29 is 18.3 Å². The number of carbonyl (C=O) groups is 1. The number of carboxylic acids is 1. The Labute approximate surface area is 137 Å². The van der Waals surface area contributed by atoms with Gasteiger partial charge in [-0.2, -0.15) is 0 Å². The Kier molecular flexibility index (Phi) is 3.72. The van der Waals surface area contributed by atoms with E-state index in [-0.39, 0.29) is 26.9 Å². The number of hydrogen-bond acceptors (Lipinski definition) is 6. The van der Waals surface area contributed by atoms with Gasteiger partial charge in [0.05, 0.1) is 4.90 Å². The number of benzene rings is 1. The lowest BCUT2D eigenvalue weighted by Crippen LogP contribution is -2.09. The SMILES string of the molecule is CNc1nn2c(C(=O)O)cc(C)nc2c1S(=O)(=O)c1ccccc1. The summed E-state index contributed by atoms with van der Waals surface area (Å²) in [5, 5.41) is 16.1. The number of sulfone groups is 1. The van der Waals surface area contributed by atoms with Crippen LogP contribution in [0, 0.1) is 6.92 Å². The van der Waals surface area contributed by atoms with E-state index in [0.717, 1.165) is 4.52 Å². The third-order valence-corrected chi connectivity index (χ3v) is 5.26. The standard InChI is InChI=1S/C15H14N4O4S/c1-9-8-11(15(20)21)19-14(17-9)12(13(16-2)18-19)24(22,23)10-6-4-3-5-7-10/h3-8H,1-2H3,(H,16,18)(H,20,21). The van der Waals surface area contributed by atoms with Gasteiger partial charge in [0.15, 0.2) is 22.1 Å². The second kappa shape index (κ2) is 5.60. The number of aromatic nitrogens is 3. The molecule has 0 aliphatic heterocycles. The molecule has 0 radical (unpaired) electrons. The van der Waals surface area contributed by atoms with Gasteiger partial charge in [0.25, 0.3) is 0 Å². The minimum atomic E-state index is -3.93. The van der Waals surface area contributed by atoms with Crippen LogP contribution >= 0.6 is 0 Å². The molecule has 24 heavy (non-hydrogen) atoms. The maximum atomic E-state index is 13.0. The number of aromatic carboxylic acids is 1. The summed E-state index contributed by atoms with van der Waals surface area (Å²) in [5.41, 5.74) is 0.191. The number of anilines is 1. The van der Waals surface area contributed by atoms with E-state index in [4.69, 9.17) is 0 Å². The van der Waals surface area contributed by atoms with Crippen molar-refractivity contribution in [3.63, 3.8) is 0 Å². The quantitative estimate of drug-likeness (QED) is 0.737. The molecule has 3 rings (SSSR count). The van der Waals surface area contributed by atoms with Crippen LogP contribution in [0.3, 0.4) is 0 Å². The van der Waals surface area contributed by atoms with Crippen LogP contribution in [0.5, 0.6) is 0 Å². The van der Waals surface area contributed by atoms with Gasteiger partial charge in [-0.1, -0.05) is 18.2 Å². The minimum Gasteiger partial charge on any atom is -0.477 e. The van der Waals surface area contributed by atoms with Gasteiger partial charge in [-0.3, -0.25) is 0 Å². The number of aryl methyl sites for hydroxylation is 1. The van der Waals surface area contributed by atoms with E-state index >= 15 is 0 Å². The average molecular weight is 346 g/mol. The normalized spacial score (nSPS) is 11.6. The molecular formula is C15H14N4O4S. The third-order valence-electron chi connectivity index (χ3n) is 3.45. The van der Waals surface area contributed by atoms with E-state index < -0.39 is 15.8 Å². The fourth-order valence-corrected chi connectivity index (χ4v) is 3.92. The summed E-state index contributed by atoms with van der Waals surface area (Å²) in [7, 11) is -2.41. The van der Waals surface area contributed by atoms with Gasteiger partial charge >= 0.3 is 5.97 Å². The van der Waals surface area contributed by atoms with Crippen LogP contribution in [0.15, 0.2) is 46.2 Å². The number of carboxylic acid groups (broad SMARTS) is 1. The Morgan fingerprint density at radius 3 is 2.50 bits per heavy atom. The maximum Gasteiger partial charge on any atom is 0.354 e. The molecular weight excluding hydrogens is 332 g/mol. The van der Waals surface area contributed by atoms with E-state index in [0.29, 0.717) is 5.69 Å². The van der Waals surface area contributed by atoms with E-state index in [9.17, 15) is 18.3 Å². The highest BCUT2D eigenvalue weighted by molar-refractivity contribution is 7.91. The van der Waals surface area contributed by atoms with Gasteiger partial charge < -0.3 is 10.4 Å². The number of hydrogen-bond donors (Lipinski definition) is 2. The Morgan fingerprint density at radius 1 is 1.25 bits per heavy atom. The molecule has 8 nitrogen and oxygen atoms in total. The molecule has 2 aromatic heterocycles. The van der Waals surface area contributed by atoms with Crippen molar-refractivity contribution in [3.05, 3.63) is 47.8 Å². The lowest BCUT2D eigenvalue weighted by Gasteiger charge is -2.05. The summed E-state index contributed by atoms with van der Waals surface area (Å²) in [4.78, 5) is 15.6. The van der Waals surface area contributed by atoms with Gasteiger partial charge in [-0.25, -0.2) is 22.7 Å². The van der Waals surface area contributed by atoms with Crippen LogP contribution in [0.2, 0.25) is 0 Å². The zero-order valence-electron chi connectivity index (χ0n) is 12.9. The summed E-state index contributed by atoms with van der Waals surface area (Å²) in [6, 6.07) is 9.19. The second-order valence-corrected chi connectivity index (χ2v) is 6.95. The number of nitrogens with zero attached hydrogens (tertiary/aromatic N) is 3.